The molecule has 3 heterocycles. The molecular weight excluding hydrogens is 136 g/mol. The average Bonchev–Trinajstić information content (AvgIpc) is 2.37. The molecule has 0 radical (unpaired) electrons. The van der Waals surface area contributed by atoms with Crippen LogP contribution in [0.3, 0.4) is 0 Å². The second-order valence-electron chi connectivity index (χ2n) is 3.73. The Hall–Kier alpha value is -0.550. The van der Waals surface area contributed by atoms with Gasteiger partial charge in [0.15, 0.2) is 0 Å². The Balaban J connectivity index is 2.11. The summed E-state index contributed by atoms with van der Waals surface area (Å²) in [6.45, 7) is 3.51. The summed E-state index contributed by atoms with van der Waals surface area (Å²) >= 11 is 0. The monoisotopic (exact) mass is 150 g/mol. The molecule has 3 unspecified atom stereocenters. The Morgan fingerprint density at radius 3 is 3.00 bits per heavy atom. The van der Waals surface area contributed by atoms with Gasteiger partial charge in [-0.1, -0.05) is 0 Å². The quantitative estimate of drug-likeness (QED) is 0.519. The molecule has 3 atom stereocenters. The maximum absolute atomic E-state index is 8.86. The van der Waals surface area contributed by atoms with E-state index in [0.717, 1.165) is 12.5 Å². The first-order valence-electron chi connectivity index (χ1n) is 4.52. The highest BCUT2D eigenvalue weighted by Gasteiger charge is 2.31. The largest absolute Gasteiger partial charge is 0.302 e. The summed E-state index contributed by atoms with van der Waals surface area (Å²) in [5.41, 5.74) is 0. The average molecular weight is 150 g/mol. The van der Waals surface area contributed by atoms with E-state index < -0.39 is 0 Å². The number of fused-ring (bicyclic) bond motifs is 4. The number of hydrogen-bond acceptors (Lipinski definition) is 2. The molecule has 3 saturated heterocycles. The van der Waals surface area contributed by atoms with Crippen LogP contribution < -0.4 is 0 Å². The minimum atomic E-state index is 0.339. The molecule has 3 fully saturated rings. The van der Waals surface area contributed by atoms with Crippen LogP contribution in [0, 0.1) is 23.2 Å². The van der Waals surface area contributed by atoms with Crippen LogP contribution in [0.1, 0.15) is 19.3 Å². The molecule has 0 aromatic heterocycles. The van der Waals surface area contributed by atoms with Crippen molar-refractivity contribution in [2.24, 2.45) is 11.8 Å². The summed E-state index contributed by atoms with van der Waals surface area (Å²) in [7, 11) is 0. The van der Waals surface area contributed by atoms with E-state index in [2.05, 4.69) is 11.0 Å². The van der Waals surface area contributed by atoms with E-state index >= 15 is 0 Å². The van der Waals surface area contributed by atoms with Crippen molar-refractivity contribution < 1.29 is 0 Å². The zero-order valence-electron chi connectivity index (χ0n) is 6.79. The lowest BCUT2D eigenvalue weighted by molar-refractivity contribution is 0.185. The molecule has 2 heteroatoms. The van der Waals surface area contributed by atoms with Crippen molar-refractivity contribution in [2.45, 2.75) is 19.3 Å². The van der Waals surface area contributed by atoms with E-state index in [9.17, 15) is 0 Å². The molecular formula is C9H14N2. The minimum absolute atomic E-state index is 0.339. The van der Waals surface area contributed by atoms with Gasteiger partial charge in [-0.3, -0.25) is 0 Å². The summed E-state index contributed by atoms with van der Waals surface area (Å²) < 4.78 is 0. The van der Waals surface area contributed by atoms with E-state index in [1.165, 1.54) is 32.4 Å². The molecule has 60 valence electrons. The second-order valence-corrected chi connectivity index (χ2v) is 3.73. The summed E-state index contributed by atoms with van der Waals surface area (Å²) in [4.78, 5) is 2.44. The van der Waals surface area contributed by atoms with Crippen molar-refractivity contribution in [3.8, 4) is 6.07 Å². The molecule has 3 aliphatic heterocycles. The van der Waals surface area contributed by atoms with E-state index in [-0.39, 0.29) is 0 Å². The van der Waals surface area contributed by atoms with Crippen molar-refractivity contribution >= 4 is 0 Å². The molecule has 3 rings (SSSR count). The van der Waals surface area contributed by atoms with Crippen LogP contribution in [-0.2, 0) is 0 Å². The Bertz CT molecular complexity index is 178. The third-order valence-electron chi connectivity index (χ3n) is 3.06. The van der Waals surface area contributed by atoms with Gasteiger partial charge in [-0.05, 0) is 38.3 Å². The SMILES string of the molecule is N#CC1CN2CCCC1CC2. The van der Waals surface area contributed by atoms with Crippen LogP contribution in [0.15, 0.2) is 0 Å². The Morgan fingerprint density at radius 1 is 1.27 bits per heavy atom. The Kier molecular flexibility index (Phi) is 1.83. The van der Waals surface area contributed by atoms with Crippen LogP contribution >= 0.6 is 0 Å². The number of piperidine rings is 1. The van der Waals surface area contributed by atoms with Crippen LogP contribution in [0.5, 0.6) is 0 Å². The molecule has 11 heavy (non-hydrogen) atoms. The molecule has 0 spiro atoms. The van der Waals surface area contributed by atoms with Gasteiger partial charge in [0.05, 0.1) is 12.0 Å². The van der Waals surface area contributed by atoms with Gasteiger partial charge in [0.2, 0.25) is 0 Å². The smallest absolute Gasteiger partial charge is 0.0672 e. The van der Waals surface area contributed by atoms with Crippen molar-refractivity contribution in [3.63, 3.8) is 0 Å². The maximum atomic E-state index is 8.86. The zero-order valence-corrected chi connectivity index (χ0v) is 6.79. The highest BCUT2D eigenvalue weighted by Crippen LogP contribution is 2.30. The summed E-state index contributed by atoms with van der Waals surface area (Å²) in [5.74, 6) is 1.06. The third-order valence-corrected chi connectivity index (χ3v) is 3.06. The predicted molar refractivity (Wildman–Crippen MR) is 42.9 cm³/mol. The van der Waals surface area contributed by atoms with Gasteiger partial charge in [0, 0.05) is 6.54 Å². The van der Waals surface area contributed by atoms with Crippen LogP contribution in [0.4, 0.5) is 0 Å². The van der Waals surface area contributed by atoms with E-state index in [1.807, 2.05) is 0 Å². The first-order chi connectivity index (χ1) is 5.40. The van der Waals surface area contributed by atoms with Gasteiger partial charge in [-0.2, -0.15) is 5.26 Å². The lowest BCUT2D eigenvalue weighted by Gasteiger charge is -2.30. The van der Waals surface area contributed by atoms with E-state index in [1.54, 1.807) is 0 Å². The normalized spacial score (nSPS) is 43.0. The molecule has 0 saturated carbocycles. The summed E-state index contributed by atoms with van der Waals surface area (Å²) in [6.07, 6.45) is 3.86. The highest BCUT2D eigenvalue weighted by atomic mass is 15.1. The van der Waals surface area contributed by atoms with Crippen molar-refractivity contribution in [2.75, 3.05) is 19.6 Å². The van der Waals surface area contributed by atoms with Crippen LogP contribution in [0.2, 0.25) is 0 Å². The van der Waals surface area contributed by atoms with Crippen molar-refractivity contribution in [3.05, 3.63) is 0 Å². The van der Waals surface area contributed by atoms with E-state index in [0.29, 0.717) is 5.92 Å². The Morgan fingerprint density at radius 2 is 2.18 bits per heavy atom. The standard InChI is InChI=1S/C9H14N2/c10-6-9-7-11-4-1-2-8(9)3-5-11/h8-9H,1-5,7H2. The second kappa shape index (κ2) is 2.83. The predicted octanol–water partition coefficient (Wildman–Crippen LogP) is 1.24. The fraction of sp³-hybridized carbons (Fsp3) is 0.889. The minimum Gasteiger partial charge on any atom is -0.302 e. The third kappa shape index (κ3) is 1.25. The number of rotatable bonds is 0. The van der Waals surface area contributed by atoms with Gasteiger partial charge >= 0.3 is 0 Å². The van der Waals surface area contributed by atoms with Gasteiger partial charge in [-0.25, -0.2) is 0 Å². The lowest BCUT2D eigenvalue weighted by Crippen LogP contribution is -2.36. The molecule has 2 nitrogen and oxygen atoms in total. The molecule has 3 aliphatic rings. The molecule has 0 N–H and O–H groups in total. The van der Waals surface area contributed by atoms with Crippen LogP contribution in [-0.4, -0.2) is 24.5 Å². The number of hydrogen-bond donors (Lipinski definition) is 0. The zero-order chi connectivity index (χ0) is 7.68. The first-order valence-corrected chi connectivity index (χ1v) is 4.52. The van der Waals surface area contributed by atoms with Gasteiger partial charge in [0.1, 0.15) is 0 Å². The Labute approximate surface area is 67.8 Å². The molecule has 0 aromatic rings. The fourth-order valence-corrected chi connectivity index (χ4v) is 2.34. The fourth-order valence-electron chi connectivity index (χ4n) is 2.34. The number of nitrogens with zero attached hydrogens (tertiary/aromatic N) is 2. The van der Waals surface area contributed by atoms with Crippen LogP contribution in [0.25, 0.3) is 0 Å². The molecule has 0 aliphatic carbocycles. The summed E-state index contributed by atoms with van der Waals surface area (Å²) in [5, 5.41) is 8.86. The van der Waals surface area contributed by atoms with Crippen molar-refractivity contribution in [1.29, 1.82) is 5.26 Å². The van der Waals surface area contributed by atoms with Crippen molar-refractivity contribution in [1.82, 2.24) is 4.90 Å². The van der Waals surface area contributed by atoms with Gasteiger partial charge in [-0.15, -0.1) is 0 Å². The van der Waals surface area contributed by atoms with Gasteiger partial charge < -0.3 is 4.90 Å². The van der Waals surface area contributed by atoms with E-state index in [4.69, 9.17) is 5.26 Å². The molecule has 0 aromatic carbocycles. The summed E-state index contributed by atoms with van der Waals surface area (Å²) in [6, 6.07) is 2.43. The van der Waals surface area contributed by atoms with Gasteiger partial charge in [0.25, 0.3) is 0 Å². The highest BCUT2D eigenvalue weighted by molar-refractivity contribution is 4.95. The maximum Gasteiger partial charge on any atom is 0.0672 e. The molecule has 0 amide bonds. The molecule has 2 bridgehead atoms. The first kappa shape index (κ1) is 7.12. The topological polar surface area (TPSA) is 27.0 Å². The lowest BCUT2D eigenvalue weighted by atomic mass is 9.86. The number of nitriles is 1.